The largest absolute Gasteiger partial charge is 0.416 e. The Labute approximate surface area is 502 Å². The summed E-state index contributed by atoms with van der Waals surface area (Å²) in [6.07, 6.45) is 4.52. The number of amides is 4. The number of likely N-dealkylation sites (N-methyl/N-ethyl adjacent to an activating group) is 2. The molecule has 0 saturated carbocycles. The van der Waals surface area contributed by atoms with Crippen LogP contribution in [0.4, 0.5) is 47.8 Å². The average Bonchev–Trinajstić information content (AvgIpc) is 3.49. The van der Waals surface area contributed by atoms with E-state index in [1.165, 1.54) is 42.9 Å². The molecule has 86 heavy (non-hydrogen) atoms. The maximum atomic E-state index is 13.1. The van der Waals surface area contributed by atoms with Gasteiger partial charge in [-0.1, -0.05) is 29.3 Å². The van der Waals surface area contributed by atoms with E-state index in [0.29, 0.717) is 64.2 Å². The highest BCUT2D eigenvalue weighted by atomic mass is 35.5. The van der Waals surface area contributed by atoms with Gasteiger partial charge in [0.05, 0.1) is 21.2 Å². The van der Waals surface area contributed by atoms with E-state index in [1.54, 1.807) is 85.3 Å². The van der Waals surface area contributed by atoms with E-state index in [2.05, 4.69) is 63.0 Å². The minimum atomic E-state index is -4.59. The minimum absolute atomic E-state index is 0.0105. The van der Waals surface area contributed by atoms with Gasteiger partial charge in [-0.25, -0.2) is 19.9 Å². The highest BCUT2D eigenvalue weighted by Crippen LogP contribution is 2.31. The first kappa shape index (κ1) is 61.1. The molecule has 0 atom stereocenters. The number of hydrogen-bond acceptors (Lipinski definition) is 15. The monoisotopic (exact) mass is 1210 g/mol. The Morgan fingerprint density at radius 1 is 0.477 bits per heavy atom. The predicted molar refractivity (Wildman–Crippen MR) is 321 cm³/mol. The molecule has 2 saturated heterocycles. The Bertz CT molecular complexity index is 3740. The first-order chi connectivity index (χ1) is 41.3. The van der Waals surface area contributed by atoms with Crippen molar-refractivity contribution in [2.45, 2.75) is 19.0 Å². The first-order valence-electron chi connectivity index (χ1n) is 27.0. The second kappa shape index (κ2) is 27.9. The van der Waals surface area contributed by atoms with E-state index in [0.717, 1.165) is 63.2 Å². The molecule has 3 aromatic heterocycles. The van der Waals surface area contributed by atoms with Crippen LogP contribution < -0.4 is 21.3 Å². The van der Waals surface area contributed by atoms with Gasteiger partial charge in [-0.2, -0.15) is 13.2 Å². The molecule has 0 aliphatic carbocycles. The predicted octanol–water partition coefficient (Wildman–Crippen LogP) is 10.3. The number of carbonyl (C=O) groups excluding carboxylic acids is 6. The molecule has 8 aromatic rings. The molecule has 2 aliphatic heterocycles. The van der Waals surface area contributed by atoms with E-state index < -0.39 is 17.6 Å². The first-order valence-corrected chi connectivity index (χ1v) is 27.7. The van der Waals surface area contributed by atoms with Gasteiger partial charge in [0.2, 0.25) is 11.9 Å². The molecule has 0 spiro atoms. The van der Waals surface area contributed by atoms with Gasteiger partial charge in [-0.3, -0.25) is 33.8 Å². The Morgan fingerprint density at radius 3 is 1.29 bits per heavy atom. The number of rotatable bonds is 16. The lowest BCUT2D eigenvalue weighted by molar-refractivity contribution is -0.137. The van der Waals surface area contributed by atoms with Crippen LogP contribution in [0.25, 0.3) is 0 Å². The van der Waals surface area contributed by atoms with Crippen LogP contribution in [-0.2, 0) is 19.0 Å². The van der Waals surface area contributed by atoms with Crippen LogP contribution in [0.5, 0.6) is 0 Å². The van der Waals surface area contributed by atoms with Crippen LogP contribution in [0.3, 0.4) is 0 Å². The average molecular weight is 1210 g/mol. The summed E-state index contributed by atoms with van der Waals surface area (Å²) in [5, 5.41) is 11.9. The van der Waals surface area contributed by atoms with Crippen molar-refractivity contribution in [1.29, 1.82) is 0 Å². The van der Waals surface area contributed by atoms with Gasteiger partial charge >= 0.3 is 6.18 Å². The van der Waals surface area contributed by atoms with Crippen LogP contribution in [0, 0.1) is 0 Å². The summed E-state index contributed by atoms with van der Waals surface area (Å²) in [5.74, 6) is -1.06. The summed E-state index contributed by atoms with van der Waals surface area (Å²) >= 11 is 12.5. The summed E-state index contributed by atoms with van der Waals surface area (Å²) in [4.78, 5) is 106. The van der Waals surface area contributed by atoms with Gasteiger partial charge in [0.1, 0.15) is 0 Å². The van der Waals surface area contributed by atoms with Gasteiger partial charge in [0.15, 0.2) is 11.6 Å². The third kappa shape index (κ3) is 16.4. The molecule has 2 aliphatic rings. The van der Waals surface area contributed by atoms with Crippen molar-refractivity contribution in [1.82, 2.24) is 44.5 Å². The summed E-state index contributed by atoms with van der Waals surface area (Å²) in [7, 11) is 4.08. The van der Waals surface area contributed by atoms with Crippen LogP contribution in [-0.4, -0.2) is 146 Å². The molecule has 440 valence electrons. The van der Waals surface area contributed by atoms with Crippen molar-refractivity contribution in [2.24, 2.45) is 0 Å². The molecule has 24 heteroatoms. The number of Topliss-reactive ketones (excluding diaryl/α,β-unsaturated/α-hetero) is 2. The molecule has 19 nitrogen and oxygen atoms in total. The lowest BCUT2D eigenvalue weighted by Crippen LogP contribution is -2.47. The normalized spacial score (nSPS) is 13.6. The molecule has 5 heterocycles. The molecule has 0 radical (unpaired) electrons. The SMILES string of the molecule is CN1CCN(C(=O)c2ccc(Nc3ncc(CC(=O)c4cc(NC(=O)c5cccc(C(F)(F)F)c5)ccc4Cl)cn3)cc2)CC1.CN1CCN(C(=O)c2ccc(Nc3ncc(CC(=O)c4cc(NC(=O)c5cccnc5)ccc4Cl)cn3)cc2)CC1. The Morgan fingerprint density at radius 2 is 0.884 bits per heavy atom. The molecular weight excluding hydrogens is 1150 g/mol. The van der Waals surface area contributed by atoms with E-state index in [-0.39, 0.29) is 74.6 Å². The number of ketones is 2. The molecule has 4 amide bonds. The van der Waals surface area contributed by atoms with Crippen molar-refractivity contribution in [3.8, 4) is 0 Å². The van der Waals surface area contributed by atoms with E-state index in [1.807, 2.05) is 29.0 Å². The van der Waals surface area contributed by atoms with Crippen LogP contribution in [0.15, 0.2) is 159 Å². The number of nitrogens with zero attached hydrogens (tertiary/aromatic N) is 9. The maximum Gasteiger partial charge on any atom is 0.416 e. The third-order valence-electron chi connectivity index (χ3n) is 13.9. The van der Waals surface area contributed by atoms with Gasteiger partial charge in [-0.05, 0) is 140 Å². The lowest BCUT2D eigenvalue weighted by atomic mass is 10.0. The molecule has 0 unspecified atom stereocenters. The van der Waals surface area contributed by atoms with Crippen LogP contribution in [0.2, 0.25) is 10.0 Å². The van der Waals surface area contributed by atoms with E-state index in [9.17, 15) is 41.9 Å². The number of halogens is 5. The zero-order chi connectivity index (χ0) is 60.9. The standard InChI is InChI=1S/C32H28ClF3N6O3.C30H28ClN7O3/c1-41-11-13-42(14-12-41)30(45)21-5-7-24(8-6-21)40-31-37-18-20(19-38-31)15-28(43)26-17-25(9-10-27(26)33)39-29(44)22-3-2-4-23(16-22)32(34,35)36;1-37-11-13-38(14-12-37)29(41)21-4-6-23(7-5-21)36-30-33-17-20(18-34-30)15-27(39)25-16-24(8-9-26(25)31)35-28(40)22-3-2-10-32-19-22/h2-10,16-19H,11-15H2,1H3,(H,39,44)(H,37,38,40);2-10,16-19H,11-15H2,1H3,(H,35,40)(H,33,34,36). The van der Waals surface area contributed by atoms with Crippen LogP contribution >= 0.6 is 23.2 Å². The summed E-state index contributed by atoms with van der Waals surface area (Å²) in [5.41, 5.74) is 4.06. The third-order valence-corrected chi connectivity index (χ3v) is 14.6. The quantitative estimate of drug-likeness (QED) is 0.0660. The number of hydrogen-bond donors (Lipinski definition) is 4. The summed E-state index contributed by atoms with van der Waals surface area (Å²) < 4.78 is 39.1. The zero-order valence-corrected chi connectivity index (χ0v) is 48.0. The molecule has 4 N–H and O–H groups in total. The second-order valence-electron chi connectivity index (χ2n) is 20.2. The number of pyridine rings is 1. The van der Waals surface area contributed by atoms with Crippen molar-refractivity contribution >= 4 is 93.0 Å². The van der Waals surface area contributed by atoms with Gasteiger partial charge < -0.3 is 40.9 Å². The highest BCUT2D eigenvalue weighted by Gasteiger charge is 2.31. The summed E-state index contributed by atoms with van der Waals surface area (Å²) in [6, 6.07) is 30.6. The Balaban J connectivity index is 0.000000206. The van der Waals surface area contributed by atoms with Crippen molar-refractivity contribution in [3.05, 3.63) is 219 Å². The van der Waals surface area contributed by atoms with Gasteiger partial charge in [-0.15, -0.1) is 0 Å². The number of alkyl halides is 3. The van der Waals surface area contributed by atoms with Crippen LogP contribution in [0.1, 0.15) is 78.8 Å². The van der Waals surface area contributed by atoms with Crippen molar-refractivity contribution < 1.29 is 41.9 Å². The molecule has 10 rings (SSSR count). The number of aromatic nitrogens is 5. The van der Waals surface area contributed by atoms with E-state index in [4.69, 9.17) is 23.2 Å². The highest BCUT2D eigenvalue weighted by molar-refractivity contribution is 6.34. The fourth-order valence-electron chi connectivity index (χ4n) is 8.99. The second-order valence-corrected chi connectivity index (χ2v) is 21.1. The number of anilines is 6. The topological polar surface area (TPSA) is 228 Å². The number of nitrogens with one attached hydrogen (secondary N) is 4. The number of piperazine rings is 2. The number of benzene rings is 5. The fraction of sp³-hybridized carbons (Fsp3) is 0.210. The van der Waals surface area contributed by atoms with Gasteiger partial charge in [0, 0.05) is 153 Å². The smallest absolute Gasteiger partial charge is 0.336 e. The molecule has 5 aromatic carbocycles. The van der Waals surface area contributed by atoms with E-state index >= 15 is 0 Å². The Hall–Kier alpha value is -9.48. The van der Waals surface area contributed by atoms with Crippen molar-refractivity contribution in [2.75, 3.05) is 87.7 Å². The minimum Gasteiger partial charge on any atom is -0.336 e. The Kier molecular flexibility index (Phi) is 19.8. The molecule has 2 fully saturated rings. The van der Waals surface area contributed by atoms with Crippen molar-refractivity contribution in [3.63, 3.8) is 0 Å². The fourth-order valence-corrected chi connectivity index (χ4v) is 9.44. The zero-order valence-electron chi connectivity index (χ0n) is 46.4. The molecular formula is C62H56Cl2F3N13O6. The lowest BCUT2D eigenvalue weighted by Gasteiger charge is -2.32. The molecule has 0 bridgehead atoms. The van der Waals surface area contributed by atoms with Gasteiger partial charge in [0.25, 0.3) is 23.6 Å². The number of carbonyl (C=O) groups is 6. The maximum absolute atomic E-state index is 13.1. The summed E-state index contributed by atoms with van der Waals surface area (Å²) in [6.45, 7) is 6.24.